The summed E-state index contributed by atoms with van der Waals surface area (Å²) < 4.78 is 5.38. The summed E-state index contributed by atoms with van der Waals surface area (Å²) in [7, 11) is 0. The molecule has 98 valence electrons. The SMILES string of the molecule is O=C(COc1ccccc1)Nc1nc2c(s1)CCC2. The Labute approximate surface area is 115 Å². The number of benzene rings is 1. The molecule has 0 spiro atoms. The van der Waals surface area contributed by atoms with E-state index in [9.17, 15) is 4.79 Å². The van der Waals surface area contributed by atoms with Crippen molar-refractivity contribution >= 4 is 22.4 Å². The van der Waals surface area contributed by atoms with Crippen LogP contribution < -0.4 is 10.1 Å². The van der Waals surface area contributed by atoms with Gasteiger partial charge < -0.3 is 4.74 Å². The van der Waals surface area contributed by atoms with E-state index in [2.05, 4.69) is 10.3 Å². The number of rotatable bonds is 4. The Kier molecular flexibility index (Phi) is 3.46. The molecule has 1 amide bonds. The topological polar surface area (TPSA) is 51.2 Å². The van der Waals surface area contributed by atoms with Gasteiger partial charge in [-0.3, -0.25) is 10.1 Å². The lowest BCUT2D eigenvalue weighted by Crippen LogP contribution is -2.20. The zero-order chi connectivity index (χ0) is 13.1. The Morgan fingerprint density at radius 1 is 1.32 bits per heavy atom. The van der Waals surface area contributed by atoms with Crippen molar-refractivity contribution in [1.82, 2.24) is 4.98 Å². The zero-order valence-electron chi connectivity index (χ0n) is 10.4. The highest BCUT2D eigenvalue weighted by Gasteiger charge is 2.17. The molecule has 19 heavy (non-hydrogen) atoms. The molecule has 0 unspecified atom stereocenters. The number of fused-ring (bicyclic) bond motifs is 1. The van der Waals surface area contributed by atoms with E-state index in [0.29, 0.717) is 10.9 Å². The third kappa shape index (κ3) is 2.93. The second kappa shape index (κ2) is 5.40. The third-order valence-corrected chi connectivity index (χ3v) is 4.03. The van der Waals surface area contributed by atoms with Gasteiger partial charge in [-0.2, -0.15) is 0 Å². The number of aryl methyl sites for hydroxylation is 2. The van der Waals surface area contributed by atoms with Crippen LogP contribution in [0.5, 0.6) is 5.75 Å². The molecule has 0 radical (unpaired) electrons. The van der Waals surface area contributed by atoms with Gasteiger partial charge in [0.25, 0.3) is 5.91 Å². The lowest BCUT2D eigenvalue weighted by Gasteiger charge is -2.05. The van der Waals surface area contributed by atoms with Gasteiger partial charge in [-0.25, -0.2) is 4.98 Å². The molecule has 0 aliphatic heterocycles. The van der Waals surface area contributed by atoms with Crippen molar-refractivity contribution in [3.63, 3.8) is 0 Å². The van der Waals surface area contributed by atoms with Gasteiger partial charge in [-0.15, -0.1) is 11.3 Å². The minimum atomic E-state index is -0.170. The molecule has 0 bridgehead atoms. The summed E-state index contributed by atoms with van der Waals surface area (Å²) in [5, 5.41) is 3.47. The zero-order valence-corrected chi connectivity index (χ0v) is 11.2. The number of ether oxygens (including phenoxy) is 1. The molecule has 0 fully saturated rings. The molecule has 1 aliphatic rings. The highest BCUT2D eigenvalue weighted by molar-refractivity contribution is 7.15. The fourth-order valence-corrected chi connectivity index (χ4v) is 3.13. The number of aromatic nitrogens is 1. The summed E-state index contributed by atoms with van der Waals surface area (Å²) in [6.45, 7) is 0.00819. The number of nitrogens with zero attached hydrogens (tertiary/aromatic N) is 1. The van der Waals surface area contributed by atoms with E-state index in [1.807, 2.05) is 30.3 Å². The number of anilines is 1. The van der Waals surface area contributed by atoms with Gasteiger partial charge in [0.15, 0.2) is 11.7 Å². The van der Waals surface area contributed by atoms with Crippen molar-refractivity contribution in [2.45, 2.75) is 19.3 Å². The predicted octanol–water partition coefficient (Wildman–Crippen LogP) is 2.65. The van der Waals surface area contributed by atoms with Crippen LogP contribution in [-0.2, 0) is 17.6 Å². The Balaban J connectivity index is 1.53. The number of hydrogen-bond acceptors (Lipinski definition) is 4. The average molecular weight is 274 g/mol. The molecule has 2 aromatic rings. The number of nitrogens with one attached hydrogen (secondary N) is 1. The van der Waals surface area contributed by atoms with E-state index >= 15 is 0 Å². The van der Waals surface area contributed by atoms with Crippen LogP contribution in [0.25, 0.3) is 0 Å². The summed E-state index contributed by atoms with van der Waals surface area (Å²) in [6, 6.07) is 9.30. The van der Waals surface area contributed by atoms with Gasteiger partial charge >= 0.3 is 0 Å². The largest absolute Gasteiger partial charge is 0.484 e. The first-order valence-corrected chi connectivity index (χ1v) is 7.09. The van der Waals surface area contributed by atoms with Crippen LogP contribution in [0.15, 0.2) is 30.3 Å². The number of carbonyl (C=O) groups is 1. The van der Waals surface area contributed by atoms with Crippen molar-refractivity contribution in [2.75, 3.05) is 11.9 Å². The van der Waals surface area contributed by atoms with Crippen LogP contribution >= 0.6 is 11.3 Å². The average Bonchev–Trinajstić information content (AvgIpc) is 2.98. The standard InChI is InChI=1S/C14H14N2O2S/c17-13(9-18-10-5-2-1-3-6-10)16-14-15-11-7-4-8-12(11)19-14/h1-3,5-6H,4,7-9H2,(H,15,16,17). The molecule has 0 atom stereocenters. The lowest BCUT2D eigenvalue weighted by atomic mass is 10.3. The molecule has 1 heterocycles. The van der Waals surface area contributed by atoms with Gasteiger partial charge in [0, 0.05) is 4.88 Å². The van der Waals surface area contributed by atoms with Crippen LogP contribution in [0.1, 0.15) is 17.0 Å². The number of para-hydroxylation sites is 1. The molecular formula is C14H14N2O2S. The Morgan fingerprint density at radius 2 is 2.16 bits per heavy atom. The smallest absolute Gasteiger partial charge is 0.264 e. The predicted molar refractivity (Wildman–Crippen MR) is 74.7 cm³/mol. The second-order valence-corrected chi connectivity index (χ2v) is 5.48. The number of carbonyl (C=O) groups excluding carboxylic acids is 1. The Morgan fingerprint density at radius 3 is 2.95 bits per heavy atom. The van der Waals surface area contributed by atoms with Crippen molar-refractivity contribution in [3.05, 3.63) is 40.9 Å². The van der Waals surface area contributed by atoms with E-state index in [1.54, 1.807) is 11.3 Å². The molecule has 1 N–H and O–H groups in total. The van der Waals surface area contributed by atoms with Crippen LogP contribution in [-0.4, -0.2) is 17.5 Å². The fourth-order valence-electron chi connectivity index (χ4n) is 2.06. The lowest BCUT2D eigenvalue weighted by molar-refractivity contribution is -0.118. The first-order valence-electron chi connectivity index (χ1n) is 6.27. The van der Waals surface area contributed by atoms with E-state index < -0.39 is 0 Å². The van der Waals surface area contributed by atoms with Crippen molar-refractivity contribution in [1.29, 1.82) is 0 Å². The second-order valence-electron chi connectivity index (χ2n) is 4.39. The van der Waals surface area contributed by atoms with Crippen molar-refractivity contribution in [3.8, 4) is 5.75 Å². The molecule has 1 aromatic heterocycles. The molecule has 1 aromatic carbocycles. The summed E-state index contributed by atoms with van der Waals surface area (Å²) in [5.74, 6) is 0.524. The molecule has 0 saturated carbocycles. The molecular weight excluding hydrogens is 260 g/mol. The highest BCUT2D eigenvalue weighted by Crippen LogP contribution is 2.30. The third-order valence-electron chi connectivity index (χ3n) is 2.96. The molecule has 4 nitrogen and oxygen atoms in total. The minimum absolute atomic E-state index is 0.00819. The summed E-state index contributed by atoms with van der Waals surface area (Å²) in [4.78, 5) is 17.5. The number of thiazole rings is 1. The van der Waals surface area contributed by atoms with E-state index in [4.69, 9.17) is 4.74 Å². The molecule has 0 saturated heterocycles. The summed E-state index contributed by atoms with van der Waals surface area (Å²) in [5.41, 5.74) is 1.14. The van der Waals surface area contributed by atoms with E-state index in [-0.39, 0.29) is 12.5 Å². The van der Waals surface area contributed by atoms with Crippen molar-refractivity contribution < 1.29 is 9.53 Å². The first-order chi connectivity index (χ1) is 9.31. The van der Waals surface area contributed by atoms with Gasteiger partial charge in [0.2, 0.25) is 0 Å². The maximum absolute atomic E-state index is 11.7. The van der Waals surface area contributed by atoms with Crippen molar-refractivity contribution in [2.24, 2.45) is 0 Å². The number of hydrogen-bond donors (Lipinski definition) is 1. The van der Waals surface area contributed by atoms with Crippen LogP contribution in [0.3, 0.4) is 0 Å². The fraction of sp³-hybridized carbons (Fsp3) is 0.286. The minimum Gasteiger partial charge on any atom is -0.484 e. The van der Waals surface area contributed by atoms with Gasteiger partial charge in [-0.05, 0) is 31.4 Å². The van der Waals surface area contributed by atoms with Crippen LogP contribution in [0.4, 0.5) is 5.13 Å². The summed E-state index contributed by atoms with van der Waals surface area (Å²) in [6.07, 6.45) is 3.30. The Bertz CT molecular complexity index is 559. The van der Waals surface area contributed by atoms with Gasteiger partial charge in [0.05, 0.1) is 5.69 Å². The first kappa shape index (κ1) is 12.2. The van der Waals surface area contributed by atoms with E-state index in [1.165, 1.54) is 11.3 Å². The van der Waals surface area contributed by atoms with Gasteiger partial charge in [0.1, 0.15) is 5.75 Å². The maximum Gasteiger partial charge on any atom is 0.264 e. The highest BCUT2D eigenvalue weighted by atomic mass is 32.1. The number of amides is 1. The monoisotopic (exact) mass is 274 g/mol. The van der Waals surface area contributed by atoms with Crippen LogP contribution in [0, 0.1) is 0 Å². The van der Waals surface area contributed by atoms with E-state index in [0.717, 1.165) is 18.5 Å². The van der Waals surface area contributed by atoms with Gasteiger partial charge in [-0.1, -0.05) is 18.2 Å². The normalized spacial score (nSPS) is 13.1. The summed E-state index contributed by atoms with van der Waals surface area (Å²) >= 11 is 1.57. The molecule has 5 heteroatoms. The molecule has 3 rings (SSSR count). The Hall–Kier alpha value is -1.88. The quantitative estimate of drug-likeness (QED) is 0.932. The maximum atomic E-state index is 11.7. The van der Waals surface area contributed by atoms with Crippen LogP contribution in [0.2, 0.25) is 0 Å². The molecule has 1 aliphatic carbocycles.